The Morgan fingerprint density at radius 3 is 2.04 bits per heavy atom. The van der Waals surface area contributed by atoms with Crippen molar-refractivity contribution in [3.05, 3.63) is 64.1 Å². The van der Waals surface area contributed by atoms with Gasteiger partial charge in [0.2, 0.25) is 10.0 Å². The number of halogens is 3. The molecule has 0 aliphatic carbocycles. The van der Waals surface area contributed by atoms with Crippen molar-refractivity contribution in [2.75, 3.05) is 26.2 Å². The number of piperazine rings is 1. The lowest BCUT2D eigenvalue weighted by molar-refractivity contribution is 0.178. The molecule has 1 saturated heterocycles. The van der Waals surface area contributed by atoms with Gasteiger partial charge in [-0.1, -0.05) is 22.0 Å². The highest BCUT2D eigenvalue weighted by Gasteiger charge is 2.29. The van der Waals surface area contributed by atoms with E-state index in [4.69, 9.17) is 0 Å². The van der Waals surface area contributed by atoms with Gasteiger partial charge < -0.3 is 0 Å². The Kier molecular flexibility index (Phi) is 5.52. The second-order valence-electron chi connectivity index (χ2n) is 5.83. The van der Waals surface area contributed by atoms with E-state index < -0.39 is 21.7 Å². The number of hydrogen-bond donors (Lipinski definition) is 0. The molecule has 3 rings (SSSR count). The Bertz CT molecular complexity index is 831. The second-order valence-corrected chi connectivity index (χ2v) is 8.69. The van der Waals surface area contributed by atoms with Crippen molar-refractivity contribution in [1.82, 2.24) is 9.21 Å². The summed E-state index contributed by atoms with van der Waals surface area (Å²) >= 11 is 3.28. The smallest absolute Gasteiger partial charge is 0.243 e. The highest BCUT2D eigenvalue weighted by molar-refractivity contribution is 9.10. The predicted molar refractivity (Wildman–Crippen MR) is 94.5 cm³/mol. The third-order valence-corrected chi connectivity index (χ3v) is 6.67. The molecule has 0 saturated carbocycles. The monoisotopic (exact) mass is 430 g/mol. The standard InChI is InChI=1S/C17H17BrF2N2O2S/c18-13-4-6-14(7-5-13)25(23,24)22-10-8-21(9-11-22)12-15-16(19)2-1-3-17(15)20/h1-7H,8-12H2. The van der Waals surface area contributed by atoms with Crippen molar-refractivity contribution in [3.8, 4) is 0 Å². The van der Waals surface area contributed by atoms with Gasteiger partial charge in [0.1, 0.15) is 11.6 Å². The van der Waals surface area contributed by atoms with Crippen LogP contribution in [0.25, 0.3) is 0 Å². The van der Waals surface area contributed by atoms with Crippen LogP contribution in [0.15, 0.2) is 51.8 Å². The Morgan fingerprint density at radius 1 is 0.920 bits per heavy atom. The van der Waals surface area contributed by atoms with Crippen LogP contribution in [0.2, 0.25) is 0 Å². The fourth-order valence-corrected chi connectivity index (χ4v) is 4.48. The van der Waals surface area contributed by atoms with Crippen LogP contribution < -0.4 is 0 Å². The molecule has 1 fully saturated rings. The summed E-state index contributed by atoms with van der Waals surface area (Å²) in [5.41, 5.74) is 0.0201. The maximum absolute atomic E-state index is 13.7. The fraction of sp³-hybridized carbons (Fsp3) is 0.294. The number of rotatable bonds is 4. The molecule has 0 N–H and O–H groups in total. The van der Waals surface area contributed by atoms with Crippen LogP contribution in [0.4, 0.5) is 8.78 Å². The Balaban J connectivity index is 1.66. The molecule has 0 spiro atoms. The third-order valence-electron chi connectivity index (χ3n) is 4.23. The second kappa shape index (κ2) is 7.49. The highest BCUT2D eigenvalue weighted by atomic mass is 79.9. The minimum absolute atomic E-state index is 0.0201. The molecule has 2 aromatic rings. The van der Waals surface area contributed by atoms with Gasteiger partial charge in [-0.05, 0) is 36.4 Å². The van der Waals surface area contributed by atoms with E-state index in [1.165, 1.54) is 22.5 Å². The number of benzene rings is 2. The van der Waals surface area contributed by atoms with Gasteiger partial charge in [-0.2, -0.15) is 4.31 Å². The van der Waals surface area contributed by atoms with Crippen LogP contribution >= 0.6 is 15.9 Å². The quantitative estimate of drug-likeness (QED) is 0.747. The molecule has 1 aliphatic rings. The molecule has 8 heteroatoms. The van der Waals surface area contributed by atoms with E-state index in [9.17, 15) is 17.2 Å². The van der Waals surface area contributed by atoms with Crippen molar-refractivity contribution >= 4 is 26.0 Å². The summed E-state index contributed by atoms with van der Waals surface area (Å²) in [7, 11) is -3.55. The maximum Gasteiger partial charge on any atom is 0.243 e. The molecular weight excluding hydrogens is 414 g/mol. The molecule has 1 aliphatic heterocycles. The molecule has 0 aromatic heterocycles. The van der Waals surface area contributed by atoms with Crippen molar-refractivity contribution < 1.29 is 17.2 Å². The first-order chi connectivity index (χ1) is 11.9. The summed E-state index contributed by atoms with van der Waals surface area (Å²) in [6.07, 6.45) is 0. The van der Waals surface area contributed by atoms with Crippen LogP contribution in [0.1, 0.15) is 5.56 Å². The van der Waals surface area contributed by atoms with E-state index in [0.29, 0.717) is 13.1 Å². The molecule has 0 atom stereocenters. The summed E-state index contributed by atoms with van der Waals surface area (Å²) in [6, 6.07) is 10.3. The van der Waals surface area contributed by atoms with E-state index in [0.717, 1.165) is 4.47 Å². The van der Waals surface area contributed by atoms with Crippen molar-refractivity contribution in [2.45, 2.75) is 11.4 Å². The topological polar surface area (TPSA) is 40.6 Å². The zero-order valence-electron chi connectivity index (χ0n) is 13.3. The number of sulfonamides is 1. The molecule has 0 radical (unpaired) electrons. The molecule has 0 bridgehead atoms. The van der Waals surface area contributed by atoms with Gasteiger partial charge in [-0.25, -0.2) is 17.2 Å². The lowest BCUT2D eigenvalue weighted by atomic mass is 10.1. The molecule has 2 aromatic carbocycles. The van der Waals surface area contributed by atoms with E-state index in [1.54, 1.807) is 24.3 Å². The average molecular weight is 431 g/mol. The van der Waals surface area contributed by atoms with Crippen LogP contribution in [-0.2, 0) is 16.6 Å². The van der Waals surface area contributed by atoms with Gasteiger partial charge >= 0.3 is 0 Å². The summed E-state index contributed by atoms with van der Waals surface area (Å²) in [5.74, 6) is -1.16. The molecule has 134 valence electrons. The van der Waals surface area contributed by atoms with Crippen LogP contribution in [0, 0.1) is 11.6 Å². The zero-order valence-corrected chi connectivity index (χ0v) is 15.7. The summed E-state index contributed by atoms with van der Waals surface area (Å²) in [5, 5.41) is 0. The minimum Gasteiger partial charge on any atom is -0.296 e. The first-order valence-electron chi connectivity index (χ1n) is 7.79. The van der Waals surface area contributed by atoms with E-state index in [-0.39, 0.29) is 30.1 Å². The van der Waals surface area contributed by atoms with Crippen LogP contribution in [0.5, 0.6) is 0 Å². The Hall–Kier alpha value is -1.35. The fourth-order valence-electron chi connectivity index (χ4n) is 2.79. The predicted octanol–water partition coefficient (Wildman–Crippen LogP) is 3.23. The van der Waals surface area contributed by atoms with Crippen LogP contribution in [0.3, 0.4) is 0 Å². The van der Waals surface area contributed by atoms with Gasteiger partial charge in [0, 0.05) is 42.8 Å². The molecular formula is C17H17BrF2N2O2S. The normalized spacial score (nSPS) is 16.9. The van der Waals surface area contributed by atoms with Crippen molar-refractivity contribution in [3.63, 3.8) is 0 Å². The van der Waals surface area contributed by atoms with Crippen LogP contribution in [-0.4, -0.2) is 43.8 Å². The first-order valence-corrected chi connectivity index (χ1v) is 10.0. The first kappa shape index (κ1) is 18.4. The lowest BCUT2D eigenvalue weighted by Gasteiger charge is -2.34. The summed E-state index contributed by atoms with van der Waals surface area (Å²) in [4.78, 5) is 2.10. The SMILES string of the molecule is O=S(=O)(c1ccc(Br)cc1)N1CCN(Cc2c(F)cccc2F)CC1. The average Bonchev–Trinajstić information content (AvgIpc) is 2.59. The number of hydrogen-bond acceptors (Lipinski definition) is 3. The van der Waals surface area contributed by atoms with Crippen molar-refractivity contribution in [2.24, 2.45) is 0 Å². The van der Waals surface area contributed by atoms with E-state index >= 15 is 0 Å². The van der Waals surface area contributed by atoms with E-state index in [1.807, 2.05) is 4.90 Å². The van der Waals surface area contributed by atoms with Gasteiger partial charge in [0.05, 0.1) is 4.90 Å². The lowest BCUT2D eigenvalue weighted by Crippen LogP contribution is -2.48. The molecule has 25 heavy (non-hydrogen) atoms. The summed E-state index contributed by atoms with van der Waals surface area (Å²) < 4.78 is 55.0. The van der Waals surface area contributed by atoms with Gasteiger partial charge in [-0.3, -0.25) is 4.90 Å². The zero-order chi connectivity index (χ0) is 18.0. The minimum atomic E-state index is -3.55. The molecule has 0 amide bonds. The largest absolute Gasteiger partial charge is 0.296 e. The molecule has 0 unspecified atom stereocenters. The molecule has 4 nitrogen and oxygen atoms in total. The van der Waals surface area contributed by atoms with E-state index in [2.05, 4.69) is 15.9 Å². The van der Waals surface area contributed by atoms with Gasteiger partial charge in [-0.15, -0.1) is 0 Å². The summed E-state index contributed by atoms with van der Waals surface area (Å²) in [6.45, 7) is 1.54. The van der Waals surface area contributed by atoms with Crippen molar-refractivity contribution in [1.29, 1.82) is 0 Å². The maximum atomic E-state index is 13.7. The molecule has 1 heterocycles. The van der Waals surface area contributed by atoms with Gasteiger partial charge in [0.15, 0.2) is 0 Å². The highest BCUT2D eigenvalue weighted by Crippen LogP contribution is 2.21. The third kappa shape index (κ3) is 4.08. The Morgan fingerprint density at radius 2 is 1.48 bits per heavy atom. The number of nitrogens with zero attached hydrogens (tertiary/aromatic N) is 2. The van der Waals surface area contributed by atoms with Gasteiger partial charge in [0.25, 0.3) is 0 Å². The Labute approximate surface area is 154 Å².